The molecule has 0 fully saturated rings. The van der Waals surface area contributed by atoms with Crippen LogP contribution in [-0.2, 0) is 0 Å². The molecule has 0 rings (SSSR count). The fraction of sp³-hybridized carbons (Fsp3) is 1.00. The van der Waals surface area contributed by atoms with Gasteiger partial charge in [-0.05, 0) is 51.9 Å². The fourth-order valence-electron chi connectivity index (χ4n) is 0.931. The Hall–Kier alpha value is -0.160. The number of unbranched alkanes of at least 4 members (excludes halogenated alkanes) is 4. The summed E-state index contributed by atoms with van der Waals surface area (Å²) in [6.45, 7) is 3.22. The number of hydrogen-bond acceptors (Lipinski definition) is 4. The van der Waals surface area contributed by atoms with Gasteiger partial charge in [-0.3, -0.25) is 0 Å². The van der Waals surface area contributed by atoms with Crippen molar-refractivity contribution in [1.29, 1.82) is 0 Å². The second-order valence-corrected chi connectivity index (χ2v) is 3.28. The minimum Gasteiger partial charge on any atom is -0.330 e. The van der Waals surface area contributed by atoms with Gasteiger partial charge in [0.15, 0.2) is 0 Å². The molecule has 0 aliphatic heterocycles. The van der Waals surface area contributed by atoms with Gasteiger partial charge in [0.05, 0.1) is 0 Å². The molecule has 0 aromatic heterocycles. The molecule has 0 amide bonds. The van der Waals surface area contributed by atoms with Crippen molar-refractivity contribution in [2.75, 3.05) is 26.2 Å². The lowest BCUT2D eigenvalue weighted by atomic mass is 10.2. The summed E-state index contributed by atoms with van der Waals surface area (Å²) in [6, 6.07) is 0. The van der Waals surface area contributed by atoms with Gasteiger partial charge in [-0.15, -0.1) is 0 Å². The van der Waals surface area contributed by atoms with Gasteiger partial charge in [-0.25, -0.2) is 0 Å². The standard InChI is InChI=1S/2C5H14N2.CH4/c2*6-4-2-1-3-5-7;/h2*1-7H2;1H4. The molecule has 0 unspecified atom stereocenters. The maximum Gasteiger partial charge on any atom is -0.00773 e. The topological polar surface area (TPSA) is 104 Å². The van der Waals surface area contributed by atoms with Gasteiger partial charge in [0.25, 0.3) is 0 Å². The van der Waals surface area contributed by atoms with E-state index >= 15 is 0 Å². The van der Waals surface area contributed by atoms with Crippen LogP contribution in [0.4, 0.5) is 0 Å². The Labute approximate surface area is 95.8 Å². The summed E-state index contributed by atoms with van der Waals surface area (Å²) in [7, 11) is 0. The molecule has 0 aliphatic carbocycles. The van der Waals surface area contributed by atoms with Gasteiger partial charge in [-0.2, -0.15) is 0 Å². The van der Waals surface area contributed by atoms with Gasteiger partial charge in [0.1, 0.15) is 0 Å². The third kappa shape index (κ3) is 31.6. The number of nitrogens with two attached hydrogens (primary N) is 4. The molecule has 0 heterocycles. The zero-order valence-corrected chi connectivity index (χ0v) is 9.38. The second kappa shape index (κ2) is 23.6. The van der Waals surface area contributed by atoms with Crippen molar-refractivity contribution >= 4 is 0 Å². The summed E-state index contributed by atoms with van der Waals surface area (Å²) < 4.78 is 0. The van der Waals surface area contributed by atoms with Gasteiger partial charge >= 0.3 is 0 Å². The molecule has 0 radical (unpaired) electrons. The summed E-state index contributed by atoms with van der Waals surface area (Å²) in [5, 5.41) is 0. The third-order valence-corrected chi connectivity index (χ3v) is 1.82. The highest BCUT2D eigenvalue weighted by Crippen LogP contribution is 1.88. The van der Waals surface area contributed by atoms with Gasteiger partial charge in [0, 0.05) is 0 Å². The first kappa shape index (κ1) is 20.3. The predicted octanol–water partition coefficient (Wildman–Crippen LogP) is 0.784. The van der Waals surface area contributed by atoms with Crippen molar-refractivity contribution in [3.05, 3.63) is 0 Å². The van der Waals surface area contributed by atoms with E-state index in [2.05, 4.69) is 0 Å². The normalized spacial score (nSPS) is 8.80. The molecule has 0 aromatic carbocycles. The average Bonchev–Trinajstić information content (AvgIpc) is 2.21. The van der Waals surface area contributed by atoms with Crippen LogP contribution in [0.3, 0.4) is 0 Å². The van der Waals surface area contributed by atoms with Crippen LogP contribution in [0.1, 0.15) is 46.0 Å². The molecular weight excluding hydrogens is 188 g/mol. The van der Waals surface area contributed by atoms with Crippen LogP contribution in [0.5, 0.6) is 0 Å². The maximum absolute atomic E-state index is 5.23. The van der Waals surface area contributed by atoms with Crippen LogP contribution in [-0.4, -0.2) is 26.2 Å². The molecule has 0 aromatic rings. The Morgan fingerprint density at radius 1 is 0.400 bits per heavy atom. The zero-order chi connectivity index (χ0) is 11.1. The van der Waals surface area contributed by atoms with Crippen LogP contribution in [0.15, 0.2) is 0 Å². The lowest BCUT2D eigenvalue weighted by molar-refractivity contribution is 0.695. The van der Waals surface area contributed by atoms with Crippen LogP contribution in [0.2, 0.25) is 0 Å². The quantitative estimate of drug-likeness (QED) is 0.454. The zero-order valence-electron chi connectivity index (χ0n) is 9.38. The Kier molecular flexibility index (Phi) is 31.9. The molecule has 4 heteroatoms. The summed E-state index contributed by atoms with van der Waals surface area (Å²) in [6.07, 6.45) is 6.86. The fourth-order valence-corrected chi connectivity index (χ4v) is 0.931. The van der Waals surface area contributed by atoms with Crippen molar-refractivity contribution in [2.45, 2.75) is 46.0 Å². The van der Waals surface area contributed by atoms with E-state index < -0.39 is 0 Å². The molecule has 8 N–H and O–H groups in total. The number of rotatable bonds is 8. The molecule has 0 bridgehead atoms. The molecule has 0 saturated carbocycles. The van der Waals surface area contributed by atoms with Crippen molar-refractivity contribution in [1.82, 2.24) is 0 Å². The Morgan fingerprint density at radius 3 is 0.733 bits per heavy atom. The monoisotopic (exact) mass is 220 g/mol. The minimum absolute atomic E-state index is 0. The van der Waals surface area contributed by atoms with E-state index in [1.54, 1.807) is 0 Å². The van der Waals surface area contributed by atoms with Crippen molar-refractivity contribution in [2.24, 2.45) is 22.9 Å². The SMILES string of the molecule is C.NCCCCCN.NCCCCCN. The largest absolute Gasteiger partial charge is 0.330 e. The summed E-state index contributed by atoms with van der Waals surface area (Å²) in [5.41, 5.74) is 20.9. The maximum atomic E-state index is 5.23. The van der Waals surface area contributed by atoms with Crippen molar-refractivity contribution in [3.8, 4) is 0 Å². The first-order valence-electron chi connectivity index (χ1n) is 5.63. The molecule has 0 atom stereocenters. The lowest BCUT2D eigenvalue weighted by Gasteiger charge is -1.91. The highest BCUT2D eigenvalue weighted by atomic mass is 14.5. The summed E-state index contributed by atoms with van der Waals surface area (Å²) in [5.74, 6) is 0. The van der Waals surface area contributed by atoms with Gasteiger partial charge in [-0.1, -0.05) is 20.3 Å². The van der Waals surface area contributed by atoms with E-state index in [1.165, 1.54) is 12.8 Å². The Bertz CT molecular complexity index is 61.0. The van der Waals surface area contributed by atoms with Crippen LogP contribution >= 0.6 is 0 Å². The molecule has 0 aliphatic rings. The van der Waals surface area contributed by atoms with E-state index in [0.29, 0.717) is 0 Å². The molecule has 0 saturated heterocycles. The van der Waals surface area contributed by atoms with Gasteiger partial charge < -0.3 is 22.9 Å². The molecule has 0 spiro atoms. The summed E-state index contributed by atoms with van der Waals surface area (Å²) >= 11 is 0. The van der Waals surface area contributed by atoms with E-state index in [0.717, 1.165) is 51.9 Å². The van der Waals surface area contributed by atoms with E-state index in [4.69, 9.17) is 22.9 Å². The van der Waals surface area contributed by atoms with Gasteiger partial charge in [0.2, 0.25) is 0 Å². The Balaban J connectivity index is -0.000000180. The average molecular weight is 220 g/mol. The highest BCUT2D eigenvalue weighted by Gasteiger charge is 1.80. The summed E-state index contributed by atoms with van der Waals surface area (Å²) in [4.78, 5) is 0. The van der Waals surface area contributed by atoms with Crippen LogP contribution in [0.25, 0.3) is 0 Å². The number of hydrogen-bond donors (Lipinski definition) is 4. The lowest BCUT2D eigenvalue weighted by Crippen LogP contribution is -2.02. The third-order valence-electron chi connectivity index (χ3n) is 1.82. The van der Waals surface area contributed by atoms with E-state index in [1.807, 2.05) is 0 Å². The molecule has 96 valence electrons. The molecule has 4 nitrogen and oxygen atoms in total. The Morgan fingerprint density at radius 2 is 0.600 bits per heavy atom. The highest BCUT2D eigenvalue weighted by molar-refractivity contribution is 4.41. The van der Waals surface area contributed by atoms with Crippen molar-refractivity contribution < 1.29 is 0 Å². The predicted molar refractivity (Wildman–Crippen MR) is 70.7 cm³/mol. The second-order valence-electron chi connectivity index (χ2n) is 3.28. The van der Waals surface area contributed by atoms with E-state index in [9.17, 15) is 0 Å². The minimum atomic E-state index is 0. The molecular formula is C11H32N4. The smallest absolute Gasteiger partial charge is 0.00773 e. The first-order valence-corrected chi connectivity index (χ1v) is 5.63. The molecule has 15 heavy (non-hydrogen) atoms. The van der Waals surface area contributed by atoms with Crippen LogP contribution < -0.4 is 22.9 Å². The van der Waals surface area contributed by atoms with Crippen molar-refractivity contribution in [3.63, 3.8) is 0 Å². The van der Waals surface area contributed by atoms with E-state index in [-0.39, 0.29) is 7.43 Å². The first-order chi connectivity index (χ1) is 6.83. The van der Waals surface area contributed by atoms with Crippen LogP contribution in [0, 0.1) is 0 Å².